The first kappa shape index (κ1) is 19.2. The van der Waals surface area contributed by atoms with Gasteiger partial charge in [-0.3, -0.25) is 4.79 Å². The monoisotopic (exact) mass is 256 g/mol. The molecule has 0 radical (unpaired) electrons. The van der Waals surface area contributed by atoms with Crippen LogP contribution in [0.5, 0.6) is 0 Å². The van der Waals surface area contributed by atoms with E-state index < -0.39 is 0 Å². The number of carbonyl (C=O) groups is 1. The minimum Gasteiger partial charge on any atom is -0.311 e. The number of hydrogen-bond acceptors (Lipinski definition) is 2. The molecule has 0 aromatic heterocycles. The number of aliphatic imine (C=N–C) groups is 1. The van der Waals surface area contributed by atoms with Gasteiger partial charge in [-0.2, -0.15) is 0 Å². The van der Waals surface area contributed by atoms with Gasteiger partial charge in [0.2, 0.25) is 5.91 Å². The summed E-state index contributed by atoms with van der Waals surface area (Å²) < 4.78 is 0. The van der Waals surface area contributed by atoms with E-state index in [4.69, 9.17) is 0 Å². The number of amides is 1. The van der Waals surface area contributed by atoms with Crippen LogP contribution >= 0.6 is 0 Å². The second-order valence-electron chi connectivity index (χ2n) is 3.88. The predicted molar refractivity (Wildman–Crippen MR) is 82.9 cm³/mol. The molecule has 0 bridgehead atoms. The Labute approximate surface area is 114 Å². The molecule has 3 nitrogen and oxygen atoms in total. The van der Waals surface area contributed by atoms with E-state index in [1.54, 1.807) is 0 Å². The predicted octanol–water partition coefficient (Wildman–Crippen LogP) is 4.69. The first-order valence-corrected chi connectivity index (χ1v) is 7.14. The van der Waals surface area contributed by atoms with E-state index in [0.717, 1.165) is 31.4 Å². The van der Waals surface area contributed by atoms with Crippen LogP contribution in [-0.2, 0) is 4.79 Å². The molecule has 0 aliphatic rings. The van der Waals surface area contributed by atoms with Crippen molar-refractivity contribution in [1.29, 1.82) is 0 Å². The van der Waals surface area contributed by atoms with Crippen molar-refractivity contribution in [1.82, 2.24) is 5.32 Å². The quantitative estimate of drug-likeness (QED) is 0.521. The second kappa shape index (κ2) is 13.9. The van der Waals surface area contributed by atoms with Crippen molar-refractivity contribution in [3.8, 4) is 0 Å². The molecule has 0 aliphatic heterocycles. The van der Waals surface area contributed by atoms with Gasteiger partial charge in [-0.05, 0) is 32.8 Å². The molecule has 108 valence electrons. The molecule has 0 aromatic rings. The number of carbonyl (C=O) groups excluding carboxylic acids is 1. The average molecular weight is 256 g/mol. The summed E-state index contributed by atoms with van der Waals surface area (Å²) in [6.07, 6.45) is 6.52. The highest BCUT2D eigenvalue weighted by Crippen LogP contribution is 2.01. The van der Waals surface area contributed by atoms with Crippen molar-refractivity contribution < 1.29 is 6.22 Å². The van der Waals surface area contributed by atoms with Gasteiger partial charge in [0.25, 0.3) is 0 Å². The third kappa shape index (κ3) is 11.4. The van der Waals surface area contributed by atoms with Crippen LogP contribution in [0.3, 0.4) is 0 Å². The molecule has 1 N–H and O–H groups in total. The lowest BCUT2D eigenvalue weighted by molar-refractivity contribution is -0.120. The van der Waals surface area contributed by atoms with Crippen LogP contribution in [0.15, 0.2) is 16.9 Å². The zero-order valence-corrected chi connectivity index (χ0v) is 13.0. The Morgan fingerprint density at radius 2 is 1.89 bits per heavy atom. The van der Waals surface area contributed by atoms with Gasteiger partial charge in [0.1, 0.15) is 5.82 Å². The molecule has 0 fully saturated rings. The molecule has 0 rings (SSSR count). The molecule has 0 saturated heterocycles. The Kier molecular flexibility index (Phi) is 14.9. The summed E-state index contributed by atoms with van der Waals surface area (Å²) in [5, 5.41) is 2.83. The van der Waals surface area contributed by atoms with Crippen LogP contribution in [0.25, 0.3) is 0 Å². The molecule has 0 unspecified atom stereocenters. The van der Waals surface area contributed by atoms with Crippen LogP contribution < -0.4 is 5.32 Å². The molecule has 0 aromatic carbocycles. The molecule has 0 heterocycles. The lowest BCUT2D eigenvalue weighted by Gasteiger charge is -2.06. The summed E-state index contributed by atoms with van der Waals surface area (Å²) in [5.74, 6) is 0.732. The van der Waals surface area contributed by atoms with E-state index in [1.807, 2.05) is 33.8 Å². The fourth-order valence-electron chi connectivity index (χ4n) is 1.19. The van der Waals surface area contributed by atoms with Crippen molar-refractivity contribution in [3.05, 3.63) is 11.9 Å². The number of unbranched alkanes of at least 4 members (excludes halogenated alkanes) is 2. The topological polar surface area (TPSA) is 41.5 Å². The smallest absolute Gasteiger partial charge is 0.225 e. The zero-order chi connectivity index (χ0) is 14.4. The Bertz CT molecular complexity index is 273. The Morgan fingerprint density at radius 3 is 2.33 bits per heavy atom. The molecule has 0 saturated carbocycles. The molecule has 3 heteroatoms. The van der Waals surface area contributed by atoms with Gasteiger partial charge in [0, 0.05) is 13.6 Å². The average Bonchev–Trinajstić information content (AvgIpc) is 2.40. The summed E-state index contributed by atoms with van der Waals surface area (Å²) in [6.45, 7) is 12.0. The van der Waals surface area contributed by atoms with E-state index in [0.29, 0.717) is 12.2 Å². The number of allylic oxidation sites excluding steroid dienone is 1. The van der Waals surface area contributed by atoms with Gasteiger partial charge in [-0.25, -0.2) is 4.99 Å². The minimum absolute atomic E-state index is 0. The minimum atomic E-state index is 0. The van der Waals surface area contributed by atoms with Crippen molar-refractivity contribution in [3.63, 3.8) is 0 Å². The number of hydrogen-bond donors (Lipinski definition) is 1. The van der Waals surface area contributed by atoms with Crippen LogP contribution in [-0.4, -0.2) is 11.6 Å². The Morgan fingerprint density at radius 1 is 1.28 bits per heavy atom. The van der Waals surface area contributed by atoms with Gasteiger partial charge in [0.05, 0.1) is 0 Å². The highest BCUT2D eigenvalue weighted by atomic mass is 16.1. The molecule has 0 spiro atoms. The normalized spacial score (nSPS) is 11.7. The number of rotatable bonds is 7. The van der Waals surface area contributed by atoms with Crippen molar-refractivity contribution >= 4 is 11.6 Å². The SMILES string of the molecule is C/C=C(\N=C(/C)CC)NC(=O)CCCCC.CC.[HH]. The van der Waals surface area contributed by atoms with Gasteiger partial charge in [-0.15, -0.1) is 0 Å². The molecule has 18 heavy (non-hydrogen) atoms. The van der Waals surface area contributed by atoms with Crippen LogP contribution in [0.2, 0.25) is 0 Å². The van der Waals surface area contributed by atoms with Gasteiger partial charge < -0.3 is 5.32 Å². The second-order valence-corrected chi connectivity index (χ2v) is 3.88. The van der Waals surface area contributed by atoms with E-state index in [-0.39, 0.29) is 7.33 Å². The fourth-order valence-corrected chi connectivity index (χ4v) is 1.19. The van der Waals surface area contributed by atoms with Gasteiger partial charge >= 0.3 is 0 Å². The summed E-state index contributed by atoms with van der Waals surface area (Å²) in [6, 6.07) is 0. The van der Waals surface area contributed by atoms with Gasteiger partial charge in [0.15, 0.2) is 0 Å². The van der Waals surface area contributed by atoms with Gasteiger partial charge in [-0.1, -0.05) is 40.5 Å². The first-order chi connectivity index (χ1) is 8.63. The summed E-state index contributed by atoms with van der Waals surface area (Å²) >= 11 is 0. The molecular weight excluding hydrogens is 224 g/mol. The Balaban J connectivity index is -0.000000809. The first-order valence-electron chi connectivity index (χ1n) is 7.14. The van der Waals surface area contributed by atoms with E-state index >= 15 is 0 Å². The maximum absolute atomic E-state index is 11.5. The van der Waals surface area contributed by atoms with E-state index in [2.05, 4.69) is 24.2 Å². The maximum atomic E-state index is 11.5. The maximum Gasteiger partial charge on any atom is 0.225 e. The fraction of sp³-hybridized carbons (Fsp3) is 0.733. The third-order valence-electron chi connectivity index (χ3n) is 2.37. The lowest BCUT2D eigenvalue weighted by Crippen LogP contribution is -2.21. The number of nitrogens with zero attached hydrogens (tertiary/aromatic N) is 1. The summed E-state index contributed by atoms with van der Waals surface area (Å²) in [7, 11) is 0. The highest BCUT2D eigenvalue weighted by Gasteiger charge is 2.02. The standard InChI is InChI=1S/C13H24N2O.C2H6.H2/c1-5-8-9-10-13(16)15-12(7-3)14-11(4)6-2;1-2;/h7H,5-6,8-10H2,1-4H3,(H,15,16);1-2H3;1H/b12-7+,14-11+;;. The largest absolute Gasteiger partial charge is 0.311 e. The van der Waals surface area contributed by atoms with Crippen molar-refractivity contribution in [2.24, 2.45) is 4.99 Å². The molecule has 0 aliphatic carbocycles. The van der Waals surface area contributed by atoms with Crippen molar-refractivity contribution in [2.45, 2.75) is 73.6 Å². The number of nitrogens with one attached hydrogen (secondary N) is 1. The molecule has 0 atom stereocenters. The van der Waals surface area contributed by atoms with Crippen LogP contribution in [0.4, 0.5) is 0 Å². The zero-order valence-electron chi connectivity index (χ0n) is 13.0. The summed E-state index contributed by atoms with van der Waals surface area (Å²) in [4.78, 5) is 15.9. The lowest BCUT2D eigenvalue weighted by atomic mass is 10.2. The van der Waals surface area contributed by atoms with Crippen LogP contribution in [0, 0.1) is 0 Å². The molecule has 1 amide bonds. The van der Waals surface area contributed by atoms with E-state index in [9.17, 15) is 4.79 Å². The van der Waals surface area contributed by atoms with Crippen molar-refractivity contribution in [2.75, 3.05) is 0 Å². The molecular formula is C15H32N2O. The Hall–Kier alpha value is -1.12. The highest BCUT2D eigenvalue weighted by molar-refractivity contribution is 5.84. The third-order valence-corrected chi connectivity index (χ3v) is 2.37. The van der Waals surface area contributed by atoms with Crippen LogP contribution in [0.1, 0.15) is 75.1 Å². The summed E-state index contributed by atoms with van der Waals surface area (Å²) in [5.41, 5.74) is 1.03. The van der Waals surface area contributed by atoms with E-state index in [1.165, 1.54) is 0 Å².